The third-order valence-corrected chi connectivity index (χ3v) is 3.76. The Morgan fingerprint density at radius 1 is 1.32 bits per heavy atom. The minimum absolute atomic E-state index is 0.109. The maximum absolute atomic E-state index is 12.0. The number of nitrogens with one attached hydrogen (secondary N) is 2. The van der Waals surface area contributed by atoms with Crippen LogP contribution in [0.15, 0.2) is 35.4 Å². The maximum Gasteiger partial charge on any atom is 0.283 e. The molecule has 2 N–H and O–H groups in total. The number of amides is 1. The zero-order valence-electron chi connectivity index (χ0n) is 12.0. The quantitative estimate of drug-likeness (QED) is 0.648. The van der Waals surface area contributed by atoms with Gasteiger partial charge in [-0.1, -0.05) is 35.4 Å². The molecular weight excluding hydrogens is 282 g/mol. The van der Waals surface area contributed by atoms with Crippen molar-refractivity contribution in [2.45, 2.75) is 18.8 Å². The van der Waals surface area contributed by atoms with Crippen LogP contribution in [-0.4, -0.2) is 50.7 Å². The molecule has 2 heterocycles. The Labute approximate surface area is 127 Å². The highest BCUT2D eigenvalue weighted by Crippen LogP contribution is 2.27. The molecule has 22 heavy (non-hydrogen) atoms. The lowest BCUT2D eigenvalue weighted by molar-refractivity contribution is -0.124. The Hall–Kier alpha value is -2.77. The fourth-order valence-electron chi connectivity index (χ4n) is 2.59. The van der Waals surface area contributed by atoms with Crippen LogP contribution in [0, 0.1) is 0 Å². The van der Waals surface area contributed by atoms with E-state index in [0.717, 1.165) is 25.9 Å². The number of likely N-dealkylation sites (tertiary alicyclic amines) is 1. The monoisotopic (exact) mass is 299 g/mol. The SMILES string of the molecule is O=C(/C=N/Nc1nn[nH]n1)N1CCC(c2ccccc2)CC1. The van der Waals surface area contributed by atoms with E-state index >= 15 is 0 Å². The Morgan fingerprint density at radius 3 is 2.77 bits per heavy atom. The molecule has 1 aliphatic heterocycles. The number of anilines is 1. The summed E-state index contributed by atoms with van der Waals surface area (Å²) < 4.78 is 0. The molecule has 0 radical (unpaired) electrons. The number of hydrogen-bond donors (Lipinski definition) is 2. The molecule has 2 aromatic rings. The van der Waals surface area contributed by atoms with Gasteiger partial charge in [-0.2, -0.15) is 10.3 Å². The number of piperidine rings is 1. The highest BCUT2D eigenvalue weighted by Gasteiger charge is 2.22. The van der Waals surface area contributed by atoms with E-state index in [-0.39, 0.29) is 11.9 Å². The van der Waals surface area contributed by atoms with Crippen molar-refractivity contribution in [1.29, 1.82) is 0 Å². The Morgan fingerprint density at radius 2 is 2.09 bits per heavy atom. The number of tetrazole rings is 1. The molecule has 0 unspecified atom stereocenters. The lowest BCUT2D eigenvalue weighted by atomic mass is 9.89. The number of rotatable bonds is 4. The van der Waals surface area contributed by atoms with Gasteiger partial charge in [-0.15, -0.1) is 5.10 Å². The molecule has 8 heteroatoms. The number of carbonyl (C=O) groups excluding carboxylic acids is 1. The smallest absolute Gasteiger partial charge is 0.283 e. The number of nitrogens with zero attached hydrogens (tertiary/aromatic N) is 5. The molecule has 1 amide bonds. The number of aromatic amines is 1. The molecule has 1 aliphatic rings. The zero-order chi connectivity index (χ0) is 15.2. The number of H-pyrrole nitrogens is 1. The fourth-order valence-corrected chi connectivity index (χ4v) is 2.59. The van der Waals surface area contributed by atoms with Gasteiger partial charge < -0.3 is 4.90 Å². The van der Waals surface area contributed by atoms with E-state index in [9.17, 15) is 4.79 Å². The van der Waals surface area contributed by atoms with Crippen LogP contribution in [0.25, 0.3) is 0 Å². The Balaban J connectivity index is 1.48. The van der Waals surface area contributed by atoms with Gasteiger partial charge in [0.1, 0.15) is 6.21 Å². The van der Waals surface area contributed by atoms with E-state index in [1.165, 1.54) is 11.8 Å². The molecule has 1 saturated heterocycles. The van der Waals surface area contributed by atoms with Crippen LogP contribution in [0.2, 0.25) is 0 Å². The second kappa shape index (κ2) is 6.79. The summed E-state index contributed by atoms with van der Waals surface area (Å²) in [5.41, 5.74) is 3.88. The third-order valence-electron chi connectivity index (χ3n) is 3.76. The molecule has 1 aromatic carbocycles. The van der Waals surface area contributed by atoms with Crippen molar-refractivity contribution < 1.29 is 4.79 Å². The van der Waals surface area contributed by atoms with Gasteiger partial charge in [-0.3, -0.25) is 4.79 Å². The van der Waals surface area contributed by atoms with Crippen LogP contribution in [0.4, 0.5) is 5.95 Å². The minimum Gasteiger partial charge on any atom is -0.338 e. The topological polar surface area (TPSA) is 99.2 Å². The fraction of sp³-hybridized carbons (Fsp3) is 0.357. The first kappa shape index (κ1) is 14.2. The molecule has 1 aromatic heterocycles. The average molecular weight is 299 g/mol. The summed E-state index contributed by atoms with van der Waals surface area (Å²) in [4.78, 5) is 13.8. The zero-order valence-corrected chi connectivity index (χ0v) is 12.0. The summed E-state index contributed by atoms with van der Waals surface area (Å²) in [5, 5.41) is 16.8. The molecule has 0 aliphatic carbocycles. The summed E-state index contributed by atoms with van der Waals surface area (Å²) in [6, 6.07) is 10.4. The number of benzene rings is 1. The van der Waals surface area contributed by atoms with Gasteiger partial charge in [0.15, 0.2) is 0 Å². The van der Waals surface area contributed by atoms with E-state index in [1.807, 2.05) is 6.07 Å². The lowest BCUT2D eigenvalue weighted by Gasteiger charge is -2.31. The first-order valence-corrected chi connectivity index (χ1v) is 7.19. The number of carbonyl (C=O) groups is 1. The molecule has 0 bridgehead atoms. The van der Waals surface area contributed by atoms with E-state index < -0.39 is 0 Å². The lowest BCUT2D eigenvalue weighted by Crippen LogP contribution is -2.38. The predicted octanol–water partition coefficient (Wildman–Crippen LogP) is 1.00. The molecule has 114 valence electrons. The Kier molecular flexibility index (Phi) is 4.38. The molecule has 0 saturated carbocycles. The Bertz CT molecular complexity index is 618. The van der Waals surface area contributed by atoms with Crippen LogP contribution < -0.4 is 5.43 Å². The first-order chi connectivity index (χ1) is 10.8. The van der Waals surface area contributed by atoms with Crippen LogP contribution in [0.5, 0.6) is 0 Å². The van der Waals surface area contributed by atoms with Gasteiger partial charge >= 0.3 is 0 Å². The van der Waals surface area contributed by atoms with Crippen LogP contribution in [0.3, 0.4) is 0 Å². The van der Waals surface area contributed by atoms with Gasteiger partial charge in [-0.25, -0.2) is 5.43 Å². The highest BCUT2D eigenvalue weighted by atomic mass is 16.2. The molecular formula is C14H17N7O. The van der Waals surface area contributed by atoms with Gasteiger partial charge in [0.25, 0.3) is 11.9 Å². The molecule has 0 atom stereocenters. The summed E-state index contributed by atoms with van der Waals surface area (Å²) in [7, 11) is 0. The summed E-state index contributed by atoms with van der Waals surface area (Å²) in [5.74, 6) is 0.647. The van der Waals surface area contributed by atoms with E-state index in [1.54, 1.807) is 4.90 Å². The van der Waals surface area contributed by atoms with Crippen LogP contribution in [-0.2, 0) is 4.79 Å². The van der Waals surface area contributed by atoms with Gasteiger partial charge in [-0.05, 0) is 29.5 Å². The van der Waals surface area contributed by atoms with Crippen LogP contribution >= 0.6 is 0 Å². The molecule has 8 nitrogen and oxygen atoms in total. The minimum atomic E-state index is -0.109. The van der Waals surface area contributed by atoms with Crippen molar-refractivity contribution in [3.8, 4) is 0 Å². The highest BCUT2D eigenvalue weighted by molar-refractivity contribution is 6.26. The van der Waals surface area contributed by atoms with Crippen molar-refractivity contribution >= 4 is 18.1 Å². The van der Waals surface area contributed by atoms with Crippen molar-refractivity contribution in [2.75, 3.05) is 18.5 Å². The van der Waals surface area contributed by atoms with E-state index in [2.05, 4.69) is 55.4 Å². The second-order valence-electron chi connectivity index (χ2n) is 5.12. The maximum atomic E-state index is 12.0. The standard InChI is InChI=1S/C14H17N7O/c22-13(10-15-16-14-17-19-20-18-14)21-8-6-12(7-9-21)11-4-2-1-3-5-11/h1-5,10,12H,6-9H2,(H2,16,17,18,19,20)/b15-10+. The molecule has 3 rings (SSSR count). The van der Waals surface area contributed by atoms with Crippen molar-refractivity contribution in [1.82, 2.24) is 25.5 Å². The third kappa shape index (κ3) is 3.46. The van der Waals surface area contributed by atoms with Gasteiger partial charge in [0.05, 0.1) is 0 Å². The van der Waals surface area contributed by atoms with Crippen LogP contribution in [0.1, 0.15) is 24.3 Å². The summed E-state index contributed by atoms with van der Waals surface area (Å²) in [6.07, 6.45) is 3.20. The summed E-state index contributed by atoms with van der Waals surface area (Å²) in [6.45, 7) is 1.49. The van der Waals surface area contributed by atoms with E-state index in [4.69, 9.17) is 0 Å². The number of hydrazone groups is 1. The number of hydrogen-bond acceptors (Lipinski definition) is 6. The molecule has 1 fully saturated rings. The van der Waals surface area contributed by atoms with Crippen molar-refractivity contribution in [2.24, 2.45) is 5.10 Å². The average Bonchev–Trinajstić information content (AvgIpc) is 3.09. The van der Waals surface area contributed by atoms with Crippen molar-refractivity contribution in [3.63, 3.8) is 0 Å². The first-order valence-electron chi connectivity index (χ1n) is 7.19. The molecule has 0 spiro atoms. The largest absolute Gasteiger partial charge is 0.338 e. The van der Waals surface area contributed by atoms with E-state index in [0.29, 0.717) is 5.92 Å². The predicted molar refractivity (Wildman–Crippen MR) is 81.3 cm³/mol. The second-order valence-corrected chi connectivity index (χ2v) is 5.12. The number of aromatic nitrogens is 4. The summed E-state index contributed by atoms with van der Waals surface area (Å²) >= 11 is 0. The normalized spacial score (nSPS) is 16.1. The van der Waals surface area contributed by atoms with Gasteiger partial charge in [0, 0.05) is 13.1 Å². The van der Waals surface area contributed by atoms with Crippen molar-refractivity contribution in [3.05, 3.63) is 35.9 Å². The van der Waals surface area contributed by atoms with Gasteiger partial charge in [0.2, 0.25) is 0 Å².